The van der Waals surface area contributed by atoms with Crippen LogP contribution >= 0.6 is 0 Å². The Kier molecular flexibility index (Phi) is 7.98. The number of amides is 2. The molecule has 2 aromatic carbocycles. The third-order valence-corrected chi connectivity index (χ3v) is 5.83. The molecular formula is C27H35N3O2. The van der Waals surface area contributed by atoms with Gasteiger partial charge in [-0.3, -0.25) is 0 Å². The molecule has 0 aliphatic rings. The number of aromatic nitrogens is 1. The number of nitrogens with zero attached hydrogens (tertiary/aromatic N) is 2. The second-order valence-electron chi connectivity index (χ2n) is 8.62. The van der Waals surface area contributed by atoms with Gasteiger partial charge < -0.3 is 19.5 Å². The molecule has 0 aliphatic carbocycles. The Morgan fingerprint density at radius 3 is 2.47 bits per heavy atom. The van der Waals surface area contributed by atoms with Gasteiger partial charge in [-0.25, -0.2) is 4.79 Å². The number of ether oxygens (including phenoxy) is 1. The number of anilines is 1. The van der Waals surface area contributed by atoms with Crippen LogP contribution in [0.2, 0.25) is 0 Å². The quantitative estimate of drug-likeness (QED) is 0.429. The molecule has 0 aliphatic heterocycles. The highest BCUT2D eigenvalue weighted by molar-refractivity contribution is 5.89. The van der Waals surface area contributed by atoms with Crippen LogP contribution in [0.25, 0.3) is 0 Å². The number of carbonyl (C=O) groups excluding carboxylic acids is 1. The molecule has 0 saturated heterocycles. The van der Waals surface area contributed by atoms with Gasteiger partial charge in [0.15, 0.2) is 0 Å². The van der Waals surface area contributed by atoms with Crippen LogP contribution in [-0.4, -0.2) is 28.1 Å². The Morgan fingerprint density at radius 1 is 1.06 bits per heavy atom. The number of hydrogen-bond acceptors (Lipinski definition) is 2. The van der Waals surface area contributed by atoms with Gasteiger partial charge in [-0.05, 0) is 68.7 Å². The molecule has 0 radical (unpaired) electrons. The minimum Gasteiger partial charge on any atom is -0.494 e. The number of hydrogen-bond donors (Lipinski definition) is 1. The van der Waals surface area contributed by atoms with Crippen molar-refractivity contribution in [1.82, 2.24) is 9.47 Å². The molecule has 0 spiro atoms. The lowest BCUT2D eigenvalue weighted by molar-refractivity contribution is 0.168. The van der Waals surface area contributed by atoms with Crippen molar-refractivity contribution in [2.24, 2.45) is 5.92 Å². The molecule has 1 atom stereocenters. The van der Waals surface area contributed by atoms with Crippen molar-refractivity contribution in [2.45, 2.75) is 53.8 Å². The normalized spacial score (nSPS) is 11.9. The monoisotopic (exact) mass is 433 g/mol. The molecule has 1 N–H and O–H groups in total. The van der Waals surface area contributed by atoms with Crippen molar-refractivity contribution in [2.75, 3.05) is 11.9 Å². The lowest BCUT2D eigenvalue weighted by Crippen LogP contribution is -2.43. The number of aryl methyl sites for hydroxylation is 1. The minimum absolute atomic E-state index is 0.0833. The van der Waals surface area contributed by atoms with E-state index in [0.29, 0.717) is 19.1 Å². The van der Waals surface area contributed by atoms with Crippen LogP contribution in [0.5, 0.6) is 5.75 Å². The van der Waals surface area contributed by atoms with Crippen LogP contribution in [0.3, 0.4) is 0 Å². The van der Waals surface area contributed by atoms with Crippen molar-refractivity contribution in [3.63, 3.8) is 0 Å². The van der Waals surface area contributed by atoms with E-state index in [0.717, 1.165) is 23.7 Å². The summed E-state index contributed by atoms with van der Waals surface area (Å²) in [5.41, 5.74) is 4.38. The van der Waals surface area contributed by atoms with Crippen molar-refractivity contribution < 1.29 is 9.53 Å². The molecule has 0 bridgehead atoms. The number of carbonyl (C=O) groups is 1. The third kappa shape index (κ3) is 6.16. The predicted molar refractivity (Wildman–Crippen MR) is 131 cm³/mol. The Bertz CT molecular complexity index is 1010. The Hall–Kier alpha value is -3.21. The molecule has 1 aromatic heterocycles. The van der Waals surface area contributed by atoms with Crippen molar-refractivity contribution in [3.8, 4) is 5.75 Å². The predicted octanol–water partition coefficient (Wildman–Crippen LogP) is 6.32. The summed E-state index contributed by atoms with van der Waals surface area (Å²) in [5, 5.41) is 3.06. The van der Waals surface area contributed by atoms with Crippen molar-refractivity contribution in [3.05, 3.63) is 83.7 Å². The molecule has 1 unspecified atom stereocenters. The summed E-state index contributed by atoms with van der Waals surface area (Å²) in [5.74, 6) is 1.13. The summed E-state index contributed by atoms with van der Waals surface area (Å²) in [6.07, 6.45) is 2.08. The fourth-order valence-electron chi connectivity index (χ4n) is 3.69. The van der Waals surface area contributed by atoms with Gasteiger partial charge in [0.05, 0.1) is 13.2 Å². The molecule has 2 amide bonds. The van der Waals surface area contributed by atoms with Gasteiger partial charge in [0.25, 0.3) is 0 Å². The van der Waals surface area contributed by atoms with Crippen LogP contribution in [0.1, 0.15) is 44.5 Å². The van der Waals surface area contributed by atoms with E-state index in [9.17, 15) is 4.79 Å². The zero-order valence-corrected chi connectivity index (χ0v) is 19.8. The van der Waals surface area contributed by atoms with E-state index in [2.05, 4.69) is 74.1 Å². The highest BCUT2D eigenvalue weighted by Crippen LogP contribution is 2.20. The lowest BCUT2D eigenvalue weighted by Gasteiger charge is -2.32. The average Bonchev–Trinajstić information content (AvgIpc) is 3.19. The zero-order valence-electron chi connectivity index (χ0n) is 19.8. The number of urea groups is 1. The van der Waals surface area contributed by atoms with E-state index >= 15 is 0 Å². The SMILES string of the molecule is CCOc1ccc(NC(=O)N(Cc2cccn2Cc2cccc(C)c2)C(C)C(C)C)cc1. The summed E-state index contributed by atoms with van der Waals surface area (Å²) >= 11 is 0. The van der Waals surface area contributed by atoms with Crippen LogP contribution in [0, 0.1) is 12.8 Å². The molecular weight excluding hydrogens is 398 g/mol. The fraction of sp³-hybridized carbons (Fsp3) is 0.370. The smallest absolute Gasteiger partial charge is 0.322 e. The minimum atomic E-state index is -0.0985. The molecule has 3 aromatic rings. The number of rotatable bonds is 9. The maximum Gasteiger partial charge on any atom is 0.322 e. The summed E-state index contributed by atoms with van der Waals surface area (Å²) in [4.78, 5) is 15.2. The first kappa shape index (κ1) is 23.5. The van der Waals surface area contributed by atoms with Crippen LogP contribution in [0.4, 0.5) is 10.5 Å². The Labute approximate surface area is 192 Å². The van der Waals surface area contributed by atoms with Gasteiger partial charge >= 0.3 is 6.03 Å². The molecule has 5 heteroatoms. The Balaban J connectivity index is 1.76. The number of benzene rings is 2. The molecule has 1 heterocycles. The van der Waals surface area contributed by atoms with Crippen LogP contribution in [-0.2, 0) is 13.1 Å². The van der Waals surface area contributed by atoms with E-state index in [1.165, 1.54) is 11.1 Å². The highest BCUT2D eigenvalue weighted by atomic mass is 16.5. The summed E-state index contributed by atoms with van der Waals surface area (Å²) in [7, 11) is 0. The molecule has 32 heavy (non-hydrogen) atoms. The van der Waals surface area contributed by atoms with Gasteiger partial charge in [-0.15, -0.1) is 0 Å². The van der Waals surface area contributed by atoms with E-state index in [1.807, 2.05) is 42.2 Å². The van der Waals surface area contributed by atoms with Crippen LogP contribution < -0.4 is 10.1 Å². The van der Waals surface area contributed by atoms with Crippen molar-refractivity contribution in [1.29, 1.82) is 0 Å². The molecule has 3 rings (SSSR count). The Morgan fingerprint density at radius 2 is 1.81 bits per heavy atom. The van der Waals surface area contributed by atoms with Gasteiger partial charge in [0, 0.05) is 30.2 Å². The summed E-state index contributed by atoms with van der Waals surface area (Å²) in [6.45, 7) is 12.4. The van der Waals surface area contributed by atoms with Gasteiger partial charge in [-0.2, -0.15) is 0 Å². The van der Waals surface area contributed by atoms with Crippen molar-refractivity contribution >= 4 is 11.7 Å². The zero-order chi connectivity index (χ0) is 23.1. The van der Waals surface area contributed by atoms with Gasteiger partial charge in [-0.1, -0.05) is 43.7 Å². The van der Waals surface area contributed by atoms with E-state index in [1.54, 1.807) is 0 Å². The highest BCUT2D eigenvalue weighted by Gasteiger charge is 2.24. The lowest BCUT2D eigenvalue weighted by atomic mass is 10.0. The average molecular weight is 434 g/mol. The maximum absolute atomic E-state index is 13.3. The standard InChI is InChI=1S/C27H35N3O2/c1-6-32-26-14-12-24(13-15-26)28-27(31)30(22(5)20(2)3)19-25-11-8-16-29(25)18-23-10-7-9-21(4)17-23/h7-17,20,22H,6,18-19H2,1-5H3,(H,28,31). The van der Waals surface area contributed by atoms with Gasteiger partial charge in [0.1, 0.15) is 5.75 Å². The largest absolute Gasteiger partial charge is 0.494 e. The maximum atomic E-state index is 13.3. The van der Waals surface area contributed by atoms with Gasteiger partial charge in [0.2, 0.25) is 0 Å². The summed E-state index contributed by atoms with van der Waals surface area (Å²) < 4.78 is 7.72. The fourth-order valence-corrected chi connectivity index (χ4v) is 3.69. The first-order chi connectivity index (χ1) is 15.4. The van der Waals surface area contributed by atoms with Crippen LogP contribution in [0.15, 0.2) is 66.9 Å². The first-order valence-electron chi connectivity index (χ1n) is 11.4. The first-order valence-corrected chi connectivity index (χ1v) is 11.4. The number of nitrogens with one attached hydrogen (secondary N) is 1. The summed E-state index contributed by atoms with van der Waals surface area (Å²) in [6, 6.07) is 20.2. The second-order valence-corrected chi connectivity index (χ2v) is 8.62. The molecule has 0 saturated carbocycles. The second kappa shape index (κ2) is 10.9. The topological polar surface area (TPSA) is 46.5 Å². The molecule has 0 fully saturated rings. The van der Waals surface area contributed by atoms with E-state index in [-0.39, 0.29) is 12.1 Å². The molecule has 170 valence electrons. The van der Waals surface area contributed by atoms with E-state index < -0.39 is 0 Å². The third-order valence-electron chi connectivity index (χ3n) is 5.83. The van der Waals surface area contributed by atoms with E-state index in [4.69, 9.17) is 4.74 Å². The molecule has 5 nitrogen and oxygen atoms in total.